The number of amides is 1. The minimum atomic E-state index is 0.0566. The number of ether oxygens (including phenoxy) is 1. The van der Waals surface area contributed by atoms with Crippen LogP contribution in [0.4, 0.5) is 0 Å². The Hall–Kier alpha value is -1.55. The zero-order valence-electron chi connectivity index (χ0n) is 10.5. The van der Waals surface area contributed by atoms with E-state index in [9.17, 15) is 4.79 Å². The number of carbonyl (C=O) groups is 1. The normalized spacial score (nSPS) is 10.0. The summed E-state index contributed by atoms with van der Waals surface area (Å²) in [5.74, 6) is 0.899. The second-order valence-corrected chi connectivity index (χ2v) is 3.71. The van der Waals surface area contributed by atoms with Crippen molar-refractivity contribution in [3.63, 3.8) is 0 Å². The van der Waals surface area contributed by atoms with Crippen molar-refractivity contribution in [2.45, 2.75) is 19.9 Å². The summed E-state index contributed by atoms with van der Waals surface area (Å²) in [7, 11) is 1.83. The fraction of sp³-hybridized carbons (Fsp3) is 0.462. The monoisotopic (exact) mass is 236 g/mol. The summed E-state index contributed by atoms with van der Waals surface area (Å²) in [6, 6.07) is 7.76. The molecule has 0 saturated heterocycles. The maximum absolute atomic E-state index is 11.4. The highest BCUT2D eigenvalue weighted by Crippen LogP contribution is 2.12. The molecule has 2 N–H and O–H groups in total. The van der Waals surface area contributed by atoms with Gasteiger partial charge < -0.3 is 15.4 Å². The van der Waals surface area contributed by atoms with Gasteiger partial charge in [0.25, 0.3) is 0 Å². The molecule has 0 spiro atoms. The van der Waals surface area contributed by atoms with Crippen molar-refractivity contribution in [2.75, 3.05) is 20.2 Å². The van der Waals surface area contributed by atoms with Crippen LogP contribution in [0.25, 0.3) is 0 Å². The van der Waals surface area contributed by atoms with Gasteiger partial charge in [-0.2, -0.15) is 0 Å². The Kier molecular flexibility index (Phi) is 6.10. The Morgan fingerprint density at radius 1 is 1.41 bits per heavy atom. The van der Waals surface area contributed by atoms with Crippen LogP contribution in [0.5, 0.6) is 5.75 Å². The molecule has 1 amide bonds. The second-order valence-electron chi connectivity index (χ2n) is 3.71. The van der Waals surface area contributed by atoms with Crippen LogP contribution in [0, 0.1) is 0 Å². The Bertz CT molecular complexity index is 353. The van der Waals surface area contributed by atoms with Crippen molar-refractivity contribution >= 4 is 5.91 Å². The predicted molar refractivity (Wildman–Crippen MR) is 68.0 cm³/mol. The van der Waals surface area contributed by atoms with Crippen LogP contribution in [-0.2, 0) is 11.3 Å². The molecule has 0 heterocycles. The Morgan fingerprint density at radius 3 is 2.94 bits per heavy atom. The van der Waals surface area contributed by atoms with E-state index in [0.29, 0.717) is 26.1 Å². The van der Waals surface area contributed by atoms with E-state index in [2.05, 4.69) is 10.6 Å². The molecule has 4 heteroatoms. The van der Waals surface area contributed by atoms with Crippen molar-refractivity contribution < 1.29 is 9.53 Å². The van der Waals surface area contributed by atoms with E-state index in [0.717, 1.165) is 11.3 Å². The molecule has 0 radical (unpaired) electrons. The van der Waals surface area contributed by atoms with Crippen LogP contribution in [0.1, 0.15) is 18.9 Å². The van der Waals surface area contributed by atoms with Gasteiger partial charge in [-0.3, -0.25) is 4.79 Å². The highest BCUT2D eigenvalue weighted by atomic mass is 16.5. The Labute approximate surface area is 102 Å². The lowest BCUT2D eigenvalue weighted by Crippen LogP contribution is -2.26. The van der Waals surface area contributed by atoms with Crippen LogP contribution < -0.4 is 15.4 Å². The first-order chi connectivity index (χ1) is 8.26. The van der Waals surface area contributed by atoms with E-state index in [1.54, 1.807) is 0 Å². The van der Waals surface area contributed by atoms with Crippen molar-refractivity contribution in [2.24, 2.45) is 0 Å². The van der Waals surface area contributed by atoms with E-state index in [-0.39, 0.29) is 5.91 Å². The molecule has 0 aliphatic heterocycles. The van der Waals surface area contributed by atoms with Gasteiger partial charge in [-0.25, -0.2) is 0 Å². The molecular weight excluding hydrogens is 216 g/mol. The molecule has 1 aromatic carbocycles. The third-order valence-electron chi connectivity index (χ3n) is 2.30. The third kappa shape index (κ3) is 5.36. The average molecular weight is 236 g/mol. The summed E-state index contributed by atoms with van der Waals surface area (Å²) in [6.45, 7) is 3.85. The number of benzene rings is 1. The van der Waals surface area contributed by atoms with Gasteiger partial charge in [-0.1, -0.05) is 12.1 Å². The topological polar surface area (TPSA) is 50.4 Å². The Morgan fingerprint density at radius 2 is 2.24 bits per heavy atom. The van der Waals surface area contributed by atoms with Crippen LogP contribution in [-0.4, -0.2) is 26.1 Å². The molecule has 4 nitrogen and oxygen atoms in total. The summed E-state index contributed by atoms with van der Waals surface area (Å²) in [5, 5.41) is 5.81. The van der Waals surface area contributed by atoms with Crippen LogP contribution in [0.15, 0.2) is 24.3 Å². The van der Waals surface area contributed by atoms with Crippen molar-refractivity contribution in [1.29, 1.82) is 0 Å². The van der Waals surface area contributed by atoms with Crippen LogP contribution in [0.3, 0.4) is 0 Å². The standard InChI is InChI=1S/C13H20N2O2/c1-3-17-12-6-4-5-11(9-12)10-15-13(16)7-8-14-2/h4-6,9,14H,3,7-8,10H2,1-2H3,(H,15,16). The molecule has 17 heavy (non-hydrogen) atoms. The number of hydrogen-bond donors (Lipinski definition) is 2. The zero-order chi connectivity index (χ0) is 12.5. The largest absolute Gasteiger partial charge is 0.494 e. The van der Waals surface area contributed by atoms with Gasteiger partial charge >= 0.3 is 0 Å². The number of nitrogens with one attached hydrogen (secondary N) is 2. The first kappa shape index (κ1) is 13.5. The van der Waals surface area contributed by atoms with E-state index in [1.165, 1.54) is 0 Å². The van der Waals surface area contributed by atoms with Gasteiger partial charge in [0.2, 0.25) is 5.91 Å². The lowest BCUT2D eigenvalue weighted by atomic mass is 10.2. The summed E-state index contributed by atoms with van der Waals surface area (Å²) in [4.78, 5) is 11.4. The average Bonchev–Trinajstić information content (AvgIpc) is 2.35. The minimum Gasteiger partial charge on any atom is -0.494 e. The molecule has 1 rings (SSSR count). The Balaban J connectivity index is 2.40. The van der Waals surface area contributed by atoms with E-state index >= 15 is 0 Å². The molecular formula is C13H20N2O2. The lowest BCUT2D eigenvalue weighted by molar-refractivity contribution is -0.121. The van der Waals surface area contributed by atoms with E-state index in [4.69, 9.17) is 4.74 Å². The number of hydrogen-bond acceptors (Lipinski definition) is 3. The molecule has 94 valence electrons. The van der Waals surface area contributed by atoms with Gasteiger partial charge in [0.1, 0.15) is 5.75 Å². The van der Waals surface area contributed by atoms with Crippen molar-refractivity contribution in [3.05, 3.63) is 29.8 Å². The fourth-order valence-corrected chi connectivity index (χ4v) is 1.44. The van der Waals surface area contributed by atoms with Crippen LogP contribution >= 0.6 is 0 Å². The number of rotatable bonds is 7. The van der Waals surface area contributed by atoms with Gasteiger partial charge in [0.15, 0.2) is 0 Å². The molecule has 0 atom stereocenters. The second kappa shape index (κ2) is 7.68. The first-order valence-corrected chi connectivity index (χ1v) is 5.89. The zero-order valence-corrected chi connectivity index (χ0v) is 10.5. The molecule has 1 aromatic rings. The molecule has 0 aliphatic carbocycles. The molecule has 0 aliphatic rings. The minimum absolute atomic E-state index is 0.0566. The first-order valence-electron chi connectivity index (χ1n) is 5.89. The highest BCUT2D eigenvalue weighted by Gasteiger charge is 2.01. The maximum atomic E-state index is 11.4. The van der Waals surface area contributed by atoms with Gasteiger partial charge in [0.05, 0.1) is 6.61 Å². The molecule has 0 bridgehead atoms. The maximum Gasteiger partial charge on any atom is 0.221 e. The highest BCUT2D eigenvalue weighted by molar-refractivity contribution is 5.76. The third-order valence-corrected chi connectivity index (χ3v) is 2.30. The van der Waals surface area contributed by atoms with Gasteiger partial charge in [-0.15, -0.1) is 0 Å². The molecule has 0 unspecified atom stereocenters. The number of carbonyl (C=O) groups excluding carboxylic acids is 1. The molecule has 0 fully saturated rings. The molecule has 0 saturated carbocycles. The summed E-state index contributed by atoms with van der Waals surface area (Å²) < 4.78 is 5.40. The predicted octanol–water partition coefficient (Wildman–Crippen LogP) is 1.31. The van der Waals surface area contributed by atoms with Gasteiger partial charge in [-0.05, 0) is 31.7 Å². The summed E-state index contributed by atoms with van der Waals surface area (Å²) >= 11 is 0. The molecule has 0 aromatic heterocycles. The van der Waals surface area contributed by atoms with Crippen LogP contribution in [0.2, 0.25) is 0 Å². The fourth-order valence-electron chi connectivity index (χ4n) is 1.44. The lowest BCUT2D eigenvalue weighted by Gasteiger charge is -2.07. The summed E-state index contributed by atoms with van der Waals surface area (Å²) in [6.07, 6.45) is 0.502. The quantitative estimate of drug-likeness (QED) is 0.750. The van der Waals surface area contributed by atoms with Crippen molar-refractivity contribution in [1.82, 2.24) is 10.6 Å². The van der Waals surface area contributed by atoms with Crippen molar-refractivity contribution in [3.8, 4) is 5.75 Å². The van der Waals surface area contributed by atoms with E-state index < -0.39 is 0 Å². The SMILES string of the molecule is CCOc1cccc(CNC(=O)CCNC)c1. The van der Waals surface area contributed by atoms with E-state index in [1.807, 2.05) is 38.2 Å². The smallest absolute Gasteiger partial charge is 0.221 e. The van der Waals surface area contributed by atoms with Gasteiger partial charge in [0, 0.05) is 19.5 Å². The summed E-state index contributed by atoms with van der Waals surface area (Å²) in [5.41, 5.74) is 1.05.